The highest BCUT2D eigenvalue weighted by atomic mass is 32.2. The first-order chi connectivity index (χ1) is 18.2. The van der Waals surface area contributed by atoms with Crippen molar-refractivity contribution in [1.82, 2.24) is 34.7 Å². The second-order valence-electron chi connectivity index (χ2n) is 9.84. The van der Waals surface area contributed by atoms with Crippen LogP contribution in [0.4, 0.5) is 10.2 Å². The van der Waals surface area contributed by atoms with E-state index in [0.717, 1.165) is 19.1 Å². The van der Waals surface area contributed by atoms with Crippen molar-refractivity contribution >= 4 is 27.2 Å². The highest BCUT2D eigenvalue weighted by Crippen LogP contribution is 2.45. The standard InChI is InChI=1S/C24H25FN8O4S/c1-38(36,37)20-19(14-6-15-4-5-16(7-14)32(15)24(35)22-27-11-28-31-22)30-23-17(9-29-33(23)21(20)26)12-2-3-13(10-34)18(25)8-12/h2-3,8-9,11,14-16,34H,4-7,10,26H2,1H3,(H,27,28,31). The number of benzene rings is 1. The molecule has 0 spiro atoms. The van der Waals surface area contributed by atoms with Crippen LogP contribution in [0, 0.1) is 5.82 Å². The number of hydrogen-bond donors (Lipinski definition) is 3. The van der Waals surface area contributed by atoms with E-state index in [-0.39, 0.29) is 46.0 Å². The summed E-state index contributed by atoms with van der Waals surface area (Å²) in [5.41, 5.74) is 8.12. The van der Waals surface area contributed by atoms with Gasteiger partial charge >= 0.3 is 0 Å². The number of amides is 1. The van der Waals surface area contributed by atoms with Crippen molar-refractivity contribution in [1.29, 1.82) is 0 Å². The molecule has 38 heavy (non-hydrogen) atoms. The zero-order valence-electron chi connectivity index (χ0n) is 20.4. The molecule has 2 aliphatic rings. The molecular formula is C24H25FN8O4S. The van der Waals surface area contributed by atoms with Crippen LogP contribution in [0.5, 0.6) is 0 Å². The third-order valence-corrected chi connectivity index (χ3v) is 8.70. The summed E-state index contributed by atoms with van der Waals surface area (Å²) >= 11 is 0. The lowest BCUT2D eigenvalue weighted by molar-refractivity contribution is 0.0556. The number of aliphatic hydroxyl groups is 1. The largest absolute Gasteiger partial charge is 0.392 e. The first-order valence-electron chi connectivity index (χ1n) is 12.1. The van der Waals surface area contributed by atoms with Crippen LogP contribution < -0.4 is 5.73 Å². The lowest BCUT2D eigenvalue weighted by Gasteiger charge is -2.38. The van der Waals surface area contributed by atoms with E-state index in [1.807, 2.05) is 4.90 Å². The van der Waals surface area contributed by atoms with Crippen molar-refractivity contribution in [2.45, 2.75) is 55.2 Å². The van der Waals surface area contributed by atoms with Gasteiger partial charge in [-0.05, 0) is 37.3 Å². The van der Waals surface area contributed by atoms with E-state index in [0.29, 0.717) is 35.3 Å². The number of carbonyl (C=O) groups excluding carboxylic acids is 1. The first-order valence-corrected chi connectivity index (χ1v) is 14.0. The van der Waals surface area contributed by atoms with Crippen LogP contribution in [0.25, 0.3) is 16.8 Å². The van der Waals surface area contributed by atoms with E-state index in [1.54, 1.807) is 6.07 Å². The third-order valence-electron chi connectivity index (χ3n) is 7.54. The van der Waals surface area contributed by atoms with Crippen LogP contribution in [0.3, 0.4) is 0 Å². The van der Waals surface area contributed by atoms with Gasteiger partial charge in [0.1, 0.15) is 22.9 Å². The van der Waals surface area contributed by atoms with Crippen molar-refractivity contribution in [3.8, 4) is 11.1 Å². The molecule has 2 fully saturated rings. The molecule has 4 aromatic rings. The Morgan fingerprint density at radius 1 is 1.26 bits per heavy atom. The number of hydrogen-bond acceptors (Lipinski definition) is 9. The Bertz CT molecular complexity index is 1660. The Hall–Kier alpha value is -3.91. The van der Waals surface area contributed by atoms with E-state index in [1.165, 1.54) is 29.2 Å². The summed E-state index contributed by atoms with van der Waals surface area (Å²) in [6.45, 7) is -0.437. The number of carbonyl (C=O) groups is 1. The predicted molar refractivity (Wildman–Crippen MR) is 133 cm³/mol. The molecule has 2 saturated heterocycles. The Kier molecular flexibility index (Phi) is 5.68. The maximum absolute atomic E-state index is 14.5. The van der Waals surface area contributed by atoms with Gasteiger partial charge < -0.3 is 15.7 Å². The topological polar surface area (TPSA) is 172 Å². The number of piperidine rings is 1. The molecule has 1 aromatic carbocycles. The fourth-order valence-corrected chi connectivity index (χ4v) is 6.94. The number of rotatable bonds is 5. The lowest BCUT2D eigenvalue weighted by atomic mass is 9.87. The number of nitrogens with two attached hydrogens (primary N) is 1. The highest BCUT2D eigenvalue weighted by Gasteiger charge is 2.46. The van der Waals surface area contributed by atoms with Crippen LogP contribution in [0.15, 0.2) is 35.6 Å². The molecule has 3 aromatic heterocycles. The normalized spacial score (nSPS) is 21.3. The van der Waals surface area contributed by atoms with Gasteiger partial charge in [-0.15, -0.1) is 0 Å². The summed E-state index contributed by atoms with van der Waals surface area (Å²) in [4.78, 5) is 23.6. The monoisotopic (exact) mass is 540 g/mol. The number of aliphatic hydroxyl groups excluding tert-OH is 1. The van der Waals surface area contributed by atoms with Crippen LogP contribution in [-0.4, -0.2) is 72.5 Å². The quantitative estimate of drug-likeness (QED) is 0.340. The van der Waals surface area contributed by atoms with Crippen LogP contribution in [0.1, 0.15) is 53.5 Å². The highest BCUT2D eigenvalue weighted by molar-refractivity contribution is 7.91. The second-order valence-corrected chi connectivity index (χ2v) is 11.8. The van der Waals surface area contributed by atoms with Crippen LogP contribution >= 0.6 is 0 Å². The summed E-state index contributed by atoms with van der Waals surface area (Å²) in [6.07, 6.45) is 6.40. The SMILES string of the molecule is CS(=O)(=O)c1c(C2CC3CCC(C2)N3C(=O)c2ncn[nH]2)nc2c(-c3ccc(CO)c(F)c3)cnn2c1N. The maximum atomic E-state index is 14.5. The number of nitrogens with one attached hydrogen (secondary N) is 1. The van der Waals surface area contributed by atoms with Crippen LogP contribution in [-0.2, 0) is 16.4 Å². The number of nitrogen functional groups attached to an aromatic ring is 1. The van der Waals surface area contributed by atoms with E-state index in [2.05, 4.69) is 20.3 Å². The fraction of sp³-hybridized carbons (Fsp3) is 0.375. The van der Waals surface area contributed by atoms with E-state index in [9.17, 15) is 22.7 Å². The van der Waals surface area contributed by atoms with Gasteiger partial charge in [-0.2, -0.15) is 14.7 Å². The van der Waals surface area contributed by atoms with Crippen molar-refractivity contribution in [2.24, 2.45) is 0 Å². The van der Waals surface area contributed by atoms with E-state index in [4.69, 9.17) is 10.7 Å². The Morgan fingerprint density at radius 3 is 2.61 bits per heavy atom. The van der Waals surface area contributed by atoms with Crippen molar-refractivity contribution in [2.75, 3.05) is 12.0 Å². The van der Waals surface area contributed by atoms with E-state index >= 15 is 0 Å². The fourth-order valence-electron chi connectivity index (χ4n) is 5.88. The van der Waals surface area contributed by atoms with Gasteiger partial charge in [-0.3, -0.25) is 9.89 Å². The number of H-pyrrole nitrogens is 1. The molecule has 2 unspecified atom stereocenters. The van der Waals surface area contributed by atoms with Gasteiger partial charge in [0.05, 0.1) is 18.5 Å². The molecule has 5 heterocycles. The van der Waals surface area contributed by atoms with Crippen molar-refractivity contribution in [3.63, 3.8) is 0 Å². The number of aromatic nitrogens is 6. The molecule has 0 aliphatic carbocycles. The number of aromatic amines is 1. The number of anilines is 1. The first kappa shape index (κ1) is 24.4. The maximum Gasteiger partial charge on any atom is 0.291 e. The molecular weight excluding hydrogens is 515 g/mol. The molecule has 2 aliphatic heterocycles. The molecule has 2 bridgehead atoms. The van der Waals surface area contributed by atoms with Gasteiger partial charge in [0, 0.05) is 35.4 Å². The second kappa shape index (κ2) is 8.84. The molecule has 198 valence electrons. The lowest BCUT2D eigenvalue weighted by Crippen LogP contribution is -2.46. The van der Waals surface area contributed by atoms with Crippen LogP contribution in [0.2, 0.25) is 0 Å². The van der Waals surface area contributed by atoms with Gasteiger partial charge in [0.2, 0.25) is 5.82 Å². The van der Waals surface area contributed by atoms with Crippen molar-refractivity contribution < 1.29 is 22.7 Å². The molecule has 0 radical (unpaired) electrons. The molecule has 6 rings (SSSR count). The summed E-state index contributed by atoms with van der Waals surface area (Å²) in [5, 5.41) is 20.0. The molecule has 0 saturated carbocycles. The third kappa shape index (κ3) is 3.82. The summed E-state index contributed by atoms with van der Waals surface area (Å²) < 4.78 is 41.6. The molecule has 14 heteroatoms. The minimum absolute atomic E-state index is 0.0706. The van der Waals surface area contributed by atoms with Gasteiger partial charge in [0.15, 0.2) is 15.5 Å². The van der Waals surface area contributed by atoms with Gasteiger partial charge in [0.25, 0.3) is 5.91 Å². The van der Waals surface area contributed by atoms with Gasteiger partial charge in [-0.1, -0.05) is 12.1 Å². The van der Waals surface area contributed by atoms with Gasteiger partial charge in [-0.25, -0.2) is 22.8 Å². The Labute approximate surface area is 216 Å². The number of sulfone groups is 1. The van der Waals surface area contributed by atoms with E-state index < -0.39 is 22.3 Å². The molecule has 12 nitrogen and oxygen atoms in total. The Balaban J connectivity index is 1.44. The minimum atomic E-state index is -3.80. The smallest absolute Gasteiger partial charge is 0.291 e. The average molecular weight is 541 g/mol. The molecule has 1 amide bonds. The zero-order chi connectivity index (χ0) is 26.8. The Morgan fingerprint density at radius 2 is 2.00 bits per heavy atom. The number of halogens is 1. The molecule has 4 N–H and O–H groups in total. The number of nitrogens with zero attached hydrogens (tertiary/aromatic N) is 6. The molecule has 2 atom stereocenters. The zero-order valence-corrected chi connectivity index (χ0v) is 21.2. The predicted octanol–water partition coefficient (Wildman–Crippen LogP) is 1.68. The summed E-state index contributed by atoms with van der Waals surface area (Å²) in [7, 11) is -3.80. The average Bonchev–Trinajstić information content (AvgIpc) is 3.61. The summed E-state index contributed by atoms with van der Waals surface area (Å²) in [6, 6.07) is 4.15. The summed E-state index contributed by atoms with van der Waals surface area (Å²) in [5.74, 6) is -0.987. The van der Waals surface area contributed by atoms with Crippen molar-refractivity contribution in [3.05, 3.63) is 53.6 Å². The minimum Gasteiger partial charge on any atom is -0.392 e. The number of fused-ring (bicyclic) bond motifs is 3.